The molecular formula is C21H23N3O3S2. The lowest BCUT2D eigenvalue weighted by Crippen LogP contribution is -2.43. The van der Waals surface area contributed by atoms with E-state index in [1.54, 1.807) is 30.3 Å². The number of sulfonamides is 1. The second-order valence-corrected chi connectivity index (χ2v) is 10.4. The number of anilines is 1. The first kappa shape index (κ1) is 20.0. The number of thiazole rings is 1. The molecule has 0 spiro atoms. The maximum atomic E-state index is 12.9. The molecule has 152 valence electrons. The van der Waals surface area contributed by atoms with Crippen LogP contribution in [0, 0.1) is 19.8 Å². The van der Waals surface area contributed by atoms with E-state index in [4.69, 9.17) is 0 Å². The third-order valence-corrected chi connectivity index (χ3v) is 8.18. The molecule has 1 aliphatic heterocycles. The first-order valence-corrected chi connectivity index (χ1v) is 11.8. The Bertz CT molecular complexity index is 1120. The van der Waals surface area contributed by atoms with Crippen LogP contribution in [0.25, 0.3) is 10.2 Å². The monoisotopic (exact) mass is 429 g/mol. The van der Waals surface area contributed by atoms with Gasteiger partial charge in [0.2, 0.25) is 15.9 Å². The number of hydrogen-bond donors (Lipinski definition) is 1. The van der Waals surface area contributed by atoms with E-state index in [0.29, 0.717) is 24.5 Å². The van der Waals surface area contributed by atoms with Crippen LogP contribution >= 0.6 is 11.3 Å². The number of aromatic nitrogens is 1. The Morgan fingerprint density at radius 1 is 1.17 bits per heavy atom. The van der Waals surface area contributed by atoms with Gasteiger partial charge in [-0.2, -0.15) is 4.31 Å². The molecule has 2 heterocycles. The molecule has 0 radical (unpaired) electrons. The van der Waals surface area contributed by atoms with Gasteiger partial charge in [0.1, 0.15) is 0 Å². The number of nitrogens with one attached hydrogen (secondary N) is 1. The predicted molar refractivity (Wildman–Crippen MR) is 116 cm³/mol. The lowest BCUT2D eigenvalue weighted by molar-refractivity contribution is -0.120. The Morgan fingerprint density at radius 2 is 1.90 bits per heavy atom. The Balaban J connectivity index is 1.49. The minimum Gasteiger partial charge on any atom is -0.302 e. The van der Waals surface area contributed by atoms with Gasteiger partial charge in [0.05, 0.1) is 21.0 Å². The van der Waals surface area contributed by atoms with Gasteiger partial charge >= 0.3 is 0 Å². The Kier molecular flexibility index (Phi) is 5.42. The van der Waals surface area contributed by atoms with Crippen LogP contribution in [0.15, 0.2) is 47.4 Å². The van der Waals surface area contributed by atoms with Crippen LogP contribution in [0.5, 0.6) is 0 Å². The van der Waals surface area contributed by atoms with E-state index >= 15 is 0 Å². The first-order chi connectivity index (χ1) is 13.8. The van der Waals surface area contributed by atoms with Crippen molar-refractivity contribution in [2.75, 3.05) is 18.4 Å². The van der Waals surface area contributed by atoms with Crippen LogP contribution in [0.2, 0.25) is 0 Å². The fourth-order valence-electron chi connectivity index (χ4n) is 3.56. The lowest BCUT2D eigenvalue weighted by atomic mass is 9.99. The average molecular weight is 430 g/mol. The fraction of sp³-hybridized carbons (Fsp3) is 0.333. The summed E-state index contributed by atoms with van der Waals surface area (Å²) in [7, 11) is -3.59. The van der Waals surface area contributed by atoms with Gasteiger partial charge in [-0.05, 0) is 62.1 Å². The van der Waals surface area contributed by atoms with E-state index in [-0.39, 0.29) is 17.3 Å². The molecule has 8 heteroatoms. The summed E-state index contributed by atoms with van der Waals surface area (Å²) >= 11 is 1.44. The Hall–Kier alpha value is -2.29. The normalized spacial score (nSPS) is 18.1. The summed E-state index contributed by atoms with van der Waals surface area (Å²) in [5.41, 5.74) is 3.22. The molecule has 0 saturated carbocycles. The number of amides is 1. The van der Waals surface area contributed by atoms with Crippen LogP contribution in [0.3, 0.4) is 0 Å². The van der Waals surface area contributed by atoms with E-state index in [0.717, 1.165) is 15.8 Å². The molecule has 1 saturated heterocycles. The lowest BCUT2D eigenvalue weighted by Gasteiger charge is -2.31. The van der Waals surface area contributed by atoms with Crippen molar-refractivity contribution in [1.82, 2.24) is 9.29 Å². The molecule has 29 heavy (non-hydrogen) atoms. The molecule has 6 nitrogen and oxygen atoms in total. The van der Waals surface area contributed by atoms with E-state index < -0.39 is 15.9 Å². The summed E-state index contributed by atoms with van der Waals surface area (Å²) in [6, 6.07) is 12.5. The molecule has 1 amide bonds. The highest BCUT2D eigenvalue weighted by Crippen LogP contribution is 2.30. The van der Waals surface area contributed by atoms with Crippen LogP contribution < -0.4 is 5.32 Å². The number of fused-ring (bicyclic) bond motifs is 1. The summed E-state index contributed by atoms with van der Waals surface area (Å²) in [5.74, 6) is -0.566. The molecule has 3 aromatic rings. The number of piperidine rings is 1. The molecule has 1 fully saturated rings. The maximum Gasteiger partial charge on any atom is 0.243 e. The van der Waals surface area contributed by atoms with Crippen LogP contribution in [0.4, 0.5) is 5.13 Å². The van der Waals surface area contributed by atoms with Gasteiger partial charge < -0.3 is 5.32 Å². The summed E-state index contributed by atoms with van der Waals surface area (Å²) in [5, 5.41) is 3.45. The van der Waals surface area contributed by atoms with Crippen LogP contribution in [-0.2, 0) is 14.8 Å². The Labute approximate surface area is 174 Å². The second kappa shape index (κ2) is 7.85. The van der Waals surface area contributed by atoms with Gasteiger partial charge in [-0.3, -0.25) is 4.79 Å². The molecule has 4 rings (SSSR count). The highest BCUT2D eigenvalue weighted by atomic mass is 32.2. The second-order valence-electron chi connectivity index (χ2n) is 7.43. The third kappa shape index (κ3) is 4.05. The highest BCUT2D eigenvalue weighted by Gasteiger charge is 2.33. The van der Waals surface area contributed by atoms with E-state index in [2.05, 4.69) is 23.3 Å². The smallest absolute Gasteiger partial charge is 0.243 e. The predicted octanol–water partition coefficient (Wildman–Crippen LogP) is 3.95. The molecule has 0 bridgehead atoms. The molecule has 2 aromatic carbocycles. The summed E-state index contributed by atoms with van der Waals surface area (Å²) < 4.78 is 28.2. The molecule has 1 unspecified atom stereocenters. The average Bonchev–Trinajstić information content (AvgIpc) is 3.10. The van der Waals surface area contributed by atoms with Gasteiger partial charge in [-0.1, -0.05) is 29.5 Å². The van der Waals surface area contributed by atoms with Crippen molar-refractivity contribution in [3.8, 4) is 0 Å². The SMILES string of the molecule is Cc1cc2nc(NC(=O)C3CCCN(S(=O)(=O)c4ccccc4)C3)sc2cc1C. The summed E-state index contributed by atoms with van der Waals surface area (Å²) in [6.45, 7) is 4.71. The van der Waals surface area contributed by atoms with Crippen molar-refractivity contribution < 1.29 is 13.2 Å². The third-order valence-electron chi connectivity index (χ3n) is 5.37. The number of hydrogen-bond acceptors (Lipinski definition) is 5. The molecule has 1 aliphatic rings. The number of carbonyl (C=O) groups is 1. The minimum atomic E-state index is -3.59. The first-order valence-electron chi connectivity index (χ1n) is 9.58. The standard InChI is InChI=1S/C21H23N3O3S2/c1-14-11-18-19(12-15(14)2)28-21(22-18)23-20(25)16-7-6-10-24(13-16)29(26,27)17-8-4-3-5-9-17/h3-5,8-9,11-12,16H,6-7,10,13H2,1-2H3,(H,22,23,25). The topological polar surface area (TPSA) is 79.4 Å². The number of carbonyl (C=O) groups excluding carboxylic acids is 1. The quantitative estimate of drug-likeness (QED) is 0.681. The fourth-order valence-corrected chi connectivity index (χ4v) is 6.05. The van der Waals surface area contributed by atoms with Gasteiger partial charge in [0.25, 0.3) is 0 Å². The maximum absolute atomic E-state index is 12.9. The van der Waals surface area contributed by atoms with E-state index in [9.17, 15) is 13.2 Å². The minimum absolute atomic E-state index is 0.175. The van der Waals surface area contributed by atoms with Crippen molar-refractivity contribution in [2.24, 2.45) is 5.92 Å². The number of rotatable bonds is 4. The zero-order chi connectivity index (χ0) is 20.6. The van der Waals surface area contributed by atoms with Gasteiger partial charge in [0, 0.05) is 13.1 Å². The van der Waals surface area contributed by atoms with Crippen molar-refractivity contribution in [2.45, 2.75) is 31.6 Å². The van der Waals surface area contributed by atoms with E-state index in [1.165, 1.54) is 21.2 Å². The summed E-state index contributed by atoms with van der Waals surface area (Å²) in [4.78, 5) is 17.6. The number of aryl methyl sites for hydroxylation is 2. The van der Waals surface area contributed by atoms with Crippen molar-refractivity contribution >= 4 is 42.6 Å². The molecule has 0 aliphatic carbocycles. The molecule has 1 N–H and O–H groups in total. The molecular weight excluding hydrogens is 406 g/mol. The van der Waals surface area contributed by atoms with Crippen LogP contribution in [-0.4, -0.2) is 36.7 Å². The van der Waals surface area contributed by atoms with Crippen molar-refractivity contribution in [3.63, 3.8) is 0 Å². The molecule has 1 atom stereocenters. The van der Waals surface area contributed by atoms with E-state index in [1.807, 2.05) is 13.0 Å². The zero-order valence-electron chi connectivity index (χ0n) is 16.4. The molecule has 1 aromatic heterocycles. The summed E-state index contributed by atoms with van der Waals surface area (Å²) in [6.07, 6.45) is 1.32. The zero-order valence-corrected chi connectivity index (χ0v) is 18.0. The number of nitrogens with zero attached hydrogens (tertiary/aromatic N) is 2. The van der Waals surface area contributed by atoms with Crippen molar-refractivity contribution in [3.05, 3.63) is 53.6 Å². The van der Waals surface area contributed by atoms with Gasteiger partial charge in [-0.15, -0.1) is 0 Å². The largest absolute Gasteiger partial charge is 0.302 e. The highest BCUT2D eigenvalue weighted by molar-refractivity contribution is 7.89. The van der Waals surface area contributed by atoms with Gasteiger partial charge in [0.15, 0.2) is 5.13 Å². The van der Waals surface area contributed by atoms with Gasteiger partial charge in [-0.25, -0.2) is 13.4 Å². The Morgan fingerprint density at radius 3 is 2.66 bits per heavy atom. The van der Waals surface area contributed by atoms with Crippen molar-refractivity contribution in [1.29, 1.82) is 0 Å². The van der Waals surface area contributed by atoms with Crippen LogP contribution in [0.1, 0.15) is 24.0 Å². The number of benzene rings is 2.